The van der Waals surface area contributed by atoms with Gasteiger partial charge in [0.1, 0.15) is 5.60 Å². The molecule has 0 aromatic heterocycles. The quantitative estimate of drug-likeness (QED) is 0.425. The molecule has 4 aromatic carbocycles. The Kier molecular flexibility index (Phi) is 6.64. The number of aliphatic hydroxyl groups is 1. The van der Waals surface area contributed by atoms with Gasteiger partial charge in [-0.15, -0.1) is 0 Å². The third-order valence-corrected chi connectivity index (χ3v) is 5.11. The summed E-state index contributed by atoms with van der Waals surface area (Å²) in [5.74, 6) is -0.232. The number of hydrogen-bond donors (Lipinski definition) is 1. The van der Waals surface area contributed by atoms with Gasteiger partial charge in [-0.05, 0) is 22.3 Å². The normalized spacial score (nSPS) is 11.1. The molecule has 0 aliphatic carbocycles. The smallest absolute Gasteiger partial charge is 0.125 e. The first-order valence-electron chi connectivity index (χ1n) is 9.23. The van der Waals surface area contributed by atoms with Crippen LogP contribution in [0.5, 0.6) is 0 Å². The molecule has 136 valence electrons. The molecule has 0 spiro atoms. The second kappa shape index (κ2) is 9.16. The summed E-state index contributed by atoms with van der Waals surface area (Å²) in [6.07, 6.45) is 0. The molecule has 28 heavy (non-hydrogen) atoms. The topological polar surface area (TPSA) is 20.2 Å². The molecule has 0 heterocycles. The van der Waals surface area contributed by atoms with E-state index >= 15 is 0 Å². The van der Waals surface area contributed by atoms with Crippen LogP contribution in [0.4, 0.5) is 0 Å². The van der Waals surface area contributed by atoms with Crippen molar-refractivity contribution in [2.75, 3.05) is 0 Å². The van der Waals surface area contributed by atoms with Gasteiger partial charge in [0, 0.05) is 27.6 Å². The van der Waals surface area contributed by atoms with Crippen LogP contribution in [-0.2, 0) is 27.3 Å². The first-order chi connectivity index (χ1) is 13.3. The standard InChI is InChI=1S/C26H22O.Ti/c27-26(23-17-9-3-10-18-23,24-19-11-4-12-20-24)25(21-13-5-1-6-14-21)22-15-7-2-8-16-22;/h1-20,25,27H;. The van der Waals surface area contributed by atoms with Crippen LogP contribution < -0.4 is 0 Å². The maximum atomic E-state index is 12.3. The fraction of sp³-hybridized carbons (Fsp3) is 0.0769. The summed E-state index contributed by atoms with van der Waals surface area (Å²) in [6.45, 7) is 0. The van der Waals surface area contributed by atoms with Crippen molar-refractivity contribution in [1.82, 2.24) is 0 Å². The van der Waals surface area contributed by atoms with Crippen LogP contribution >= 0.6 is 0 Å². The summed E-state index contributed by atoms with van der Waals surface area (Å²) < 4.78 is 0. The van der Waals surface area contributed by atoms with E-state index in [2.05, 4.69) is 24.3 Å². The van der Waals surface area contributed by atoms with Crippen LogP contribution in [0.15, 0.2) is 121 Å². The Bertz CT molecular complexity index is 891. The third kappa shape index (κ3) is 3.88. The Hall–Kier alpha value is -2.45. The van der Waals surface area contributed by atoms with Crippen LogP contribution in [0, 0.1) is 0 Å². The van der Waals surface area contributed by atoms with Crippen molar-refractivity contribution in [3.8, 4) is 0 Å². The van der Waals surface area contributed by atoms with E-state index in [1.54, 1.807) is 0 Å². The summed E-state index contributed by atoms with van der Waals surface area (Å²) in [5.41, 5.74) is 2.74. The van der Waals surface area contributed by atoms with E-state index in [1.807, 2.05) is 97.1 Å². The Labute approximate surface area is 181 Å². The van der Waals surface area contributed by atoms with Gasteiger partial charge in [-0.3, -0.25) is 0 Å². The van der Waals surface area contributed by atoms with Crippen LogP contribution in [0.3, 0.4) is 0 Å². The number of rotatable bonds is 5. The summed E-state index contributed by atoms with van der Waals surface area (Å²) in [4.78, 5) is 0. The molecule has 0 radical (unpaired) electrons. The van der Waals surface area contributed by atoms with Gasteiger partial charge < -0.3 is 5.11 Å². The van der Waals surface area contributed by atoms with E-state index in [-0.39, 0.29) is 27.6 Å². The van der Waals surface area contributed by atoms with Crippen molar-refractivity contribution >= 4 is 0 Å². The summed E-state index contributed by atoms with van der Waals surface area (Å²) in [5, 5.41) is 12.3. The molecule has 4 rings (SSSR count). The molecule has 0 atom stereocenters. The van der Waals surface area contributed by atoms with Crippen LogP contribution in [0.25, 0.3) is 0 Å². The molecule has 1 N–H and O–H groups in total. The van der Waals surface area contributed by atoms with E-state index in [1.165, 1.54) is 0 Å². The first kappa shape index (κ1) is 20.3. The predicted octanol–water partition coefficient (Wildman–Crippen LogP) is 5.75. The average molecular weight is 398 g/mol. The molecular formula is C26H22OTi. The molecule has 0 saturated carbocycles. The summed E-state index contributed by atoms with van der Waals surface area (Å²) in [7, 11) is 0. The van der Waals surface area contributed by atoms with Crippen molar-refractivity contribution in [2.45, 2.75) is 11.5 Å². The van der Waals surface area contributed by atoms with Gasteiger partial charge in [-0.1, -0.05) is 121 Å². The fourth-order valence-electron chi connectivity index (χ4n) is 3.85. The van der Waals surface area contributed by atoms with Gasteiger partial charge in [-0.25, -0.2) is 0 Å². The van der Waals surface area contributed by atoms with Crippen LogP contribution in [0.1, 0.15) is 28.2 Å². The minimum atomic E-state index is -1.19. The van der Waals surface area contributed by atoms with Crippen LogP contribution in [-0.4, -0.2) is 5.11 Å². The summed E-state index contributed by atoms with van der Waals surface area (Å²) in [6, 6.07) is 40.4. The van der Waals surface area contributed by atoms with E-state index in [9.17, 15) is 5.11 Å². The Morgan fingerprint density at radius 2 is 0.750 bits per heavy atom. The molecule has 2 heteroatoms. The molecule has 0 aliphatic rings. The summed E-state index contributed by atoms with van der Waals surface area (Å²) >= 11 is 0. The molecular weight excluding hydrogens is 376 g/mol. The van der Waals surface area contributed by atoms with Gasteiger partial charge >= 0.3 is 0 Å². The van der Waals surface area contributed by atoms with Crippen molar-refractivity contribution in [1.29, 1.82) is 0 Å². The van der Waals surface area contributed by atoms with Gasteiger partial charge in [0.25, 0.3) is 0 Å². The maximum absolute atomic E-state index is 12.3. The van der Waals surface area contributed by atoms with E-state index in [4.69, 9.17) is 0 Å². The Morgan fingerprint density at radius 1 is 0.464 bits per heavy atom. The molecule has 0 bridgehead atoms. The van der Waals surface area contributed by atoms with Crippen molar-refractivity contribution < 1.29 is 26.8 Å². The Morgan fingerprint density at radius 3 is 1.07 bits per heavy atom. The van der Waals surface area contributed by atoms with E-state index in [0.29, 0.717) is 0 Å². The molecule has 0 amide bonds. The monoisotopic (exact) mass is 398 g/mol. The van der Waals surface area contributed by atoms with E-state index < -0.39 is 5.60 Å². The van der Waals surface area contributed by atoms with Crippen LogP contribution in [0.2, 0.25) is 0 Å². The van der Waals surface area contributed by atoms with E-state index in [0.717, 1.165) is 22.3 Å². The van der Waals surface area contributed by atoms with Crippen molar-refractivity contribution in [3.63, 3.8) is 0 Å². The number of benzene rings is 4. The largest absolute Gasteiger partial charge is 0.379 e. The molecule has 0 aliphatic heterocycles. The second-order valence-corrected chi connectivity index (χ2v) is 6.75. The maximum Gasteiger partial charge on any atom is 0.125 e. The SMILES string of the molecule is OC(c1ccccc1)(c1ccccc1)C(c1ccccc1)c1ccccc1.[Ti]. The predicted molar refractivity (Wildman–Crippen MR) is 111 cm³/mol. The number of hydrogen-bond acceptors (Lipinski definition) is 1. The second-order valence-electron chi connectivity index (χ2n) is 6.75. The fourth-order valence-corrected chi connectivity index (χ4v) is 3.85. The minimum Gasteiger partial charge on any atom is -0.379 e. The third-order valence-electron chi connectivity index (χ3n) is 5.11. The average Bonchev–Trinajstić information content (AvgIpc) is 2.76. The zero-order valence-electron chi connectivity index (χ0n) is 15.6. The van der Waals surface area contributed by atoms with Gasteiger partial charge in [0.05, 0.1) is 0 Å². The molecule has 0 fully saturated rings. The van der Waals surface area contributed by atoms with Gasteiger partial charge in [0.2, 0.25) is 0 Å². The minimum absolute atomic E-state index is 0. The zero-order valence-corrected chi connectivity index (χ0v) is 17.1. The molecule has 4 aromatic rings. The van der Waals surface area contributed by atoms with Crippen molar-refractivity contribution in [2.24, 2.45) is 0 Å². The Balaban J connectivity index is 0.00000225. The van der Waals surface area contributed by atoms with Gasteiger partial charge in [0.15, 0.2) is 0 Å². The first-order valence-corrected chi connectivity index (χ1v) is 9.23. The molecule has 0 unspecified atom stereocenters. The molecule has 1 nitrogen and oxygen atoms in total. The molecule has 0 saturated heterocycles. The van der Waals surface area contributed by atoms with Crippen molar-refractivity contribution in [3.05, 3.63) is 144 Å². The van der Waals surface area contributed by atoms with Gasteiger partial charge in [-0.2, -0.15) is 0 Å². The zero-order chi connectivity index (χ0) is 18.5.